The standard InChI is InChI=1S/C26H37N3O3/c1-2-32-26(31)16-8-9-22-21(14-16)24(28-29(22)19-6-4-3-5-7-19)25(30)27-23-18-11-15-10-17(13-18)20(23)12-15/h15-20,23H,2-14H2,1H3,(H,27,30)/t15?,16-,17?,18?,20?,23?/m0/s1. The van der Waals surface area contributed by atoms with Crippen LogP contribution in [0, 0.1) is 29.6 Å². The third-order valence-corrected chi connectivity index (χ3v) is 9.41. The minimum Gasteiger partial charge on any atom is -0.466 e. The molecule has 174 valence electrons. The fourth-order valence-electron chi connectivity index (χ4n) is 8.09. The first-order valence-corrected chi connectivity index (χ1v) is 13.2. The lowest BCUT2D eigenvalue weighted by Crippen LogP contribution is -2.44. The van der Waals surface area contributed by atoms with Crippen LogP contribution in [-0.2, 0) is 22.4 Å². The summed E-state index contributed by atoms with van der Waals surface area (Å²) >= 11 is 0. The van der Waals surface area contributed by atoms with Gasteiger partial charge in [0.2, 0.25) is 0 Å². The Hall–Kier alpha value is -1.85. The van der Waals surface area contributed by atoms with Gasteiger partial charge in [0.05, 0.1) is 18.6 Å². The van der Waals surface area contributed by atoms with Gasteiger partial charge in [-0.1, -0.05) is 19.3 Å². The van der Waals surface area contributed by atoms with Crippen LogP contribution < -0.4 is 5.32 Å². The van der Waals surface area contributed by atoms with E-state index in [1.165, 1.54) is 50.6 Å². The van der Waals surface area contributed by atoms with E-state index >= 15 is 0 Å². The number of nitrogens with zero attached hydrogens (tertiary/aromatic N) is 2. The Kier molecular flexibility index (Phi) is 5.30. The van der Waals surface area contributed by atoms with Gasteiger partial charge in [0.25, 0.3) is 5.91 Å². The summed E-state index contributed by atoms with van der Waals surface area (Å²) in [5.74, 6) is 2.78. The molecule has 0 aromatic carbocycles. The van der Waals surface area contributed by atoms with Crippen molar-refractivity contribution in [2.45, 2.75) is 96.1 Å². The summed E-state index contributed by atoms with van der Waals surface area (Å²) in [5.41, 5.74) is 2.82. The second kappa shape index (κ2) is 8.18. The van der Waals surface area contributed by atoms with Gasteiger partial charge < -0.3 is 10.1 Å². The molecule has 6 aliphatic carbocycles. The zero-order valence-corrected chi connectivity index (χ0v) is 19.4. The van der Waals surface area contributed by atoms with Crippen molar-refractivity contribution in [2.24, 2.45) is 29.6 Å². The van der Waals surface area contributed by atoms with Crippen LogP contribution in [0.5, 0.6) is 0 Å². The number of ether oxygens (including phenoxy) is 1. The summed E-state index contributed by atoms with van der Waals surface area (Å²) in [6, 6.07) is 0.724. The minimum atomic E-state index is -0.156. The maximum absolute atomic E-state index is 13.6. The lowest BCUT2D eigenvalue weighted by Gasteiger charge is -2.32. The fraction of sp³-hybridized carbons (Fsp3) is 0.808. The molecule has 4 bridgehead atoms. The van der Waals surface area contributed by atoms with Gasteiger partial charge in [-0.2, -0.15) is 5.10 Å². The topological polar surface area (TPSA) is 73.2 Å². The van der Waals surface area contributed by atoms with E-state index in [0.29, 0.717) is 42.6 Å². The van der Waals surface area contributed by atoms with E-state index < -0.39 is 0 Å². The van der Waals surface area contributed by atoms with Gasteiger partial charge in [-0.3, -0.25) is 14.3 Å². The predicted octanol–water partition coefficient (Wildman–Crippen LogP) is 4.22. The molecule has 1 heterocycles. The SMILES string of the molecule is CCOC(=O)[C@H]1CCc2c(c(C(=O)NC3C4CC5CC(C4)C3C5)nn2C2CCCCC2)C1. The summed E-state index contributed by atoms with van der Waals surface area (Å²) in [4.78, 5) is 26.1. The quantitative estimate of drug-likeness (QED) is 0.697. The average molecular weight is 440 g/mol. The Morgan fingerprint density at radius 3 is 2.66 bits per heavy atom. The van der Waals surface area contributed by atoms with Crippen molar-refractivity contribution in [1.29, 1.82) is 0 Å². The zero-order valence-electron chi connectivity index (χ0n) is 19.4. The summed E-state index contributed by atoms with van der Waals surface area (Å²) < 4.78 is 7.52. The largest absolute Gasteiger partial charge is 0.466 e. The van der Waals surface area contributed by atoms with Crippen LogP contribution in [-0.4, -0.2) is 34.3 Å². The van der Waals surface area contributed by atoms with Gasteiger partial charge in [-0.05, 0) is 88.4 Å². The minimum absolute atomic E-state index is 0.00122. The number of aromatic nitrogens is 2. The van der Waals surface area contributed by atoms with Crippen molar-refractivity contribution in [3.63, 3.8) is 0 Å². The van der Waals surface area contributed by atoms with E-state index in [2.05, 4.69) is 10.00 Å². The van der Waals surface area contributed by atoms with E-state index in [1.807, 2.05) is 6.92 Å². The van der Waals surface area contributed by atoms with Crippen LogP contribution in [0.2, 0.25) is 0 Å². The molecule has 5 fully saturated rings. The first-order valence-electron chi connectivity index (χ1n) is 13.2. The molecule has 6 atom stereocenters. The second-order valence-electron chi connectivity index (χ2n) is 11.2. The molecule has 0 spiro atoms. The number of hydrogen-bond donors (Lipinski definition) is 1. The molecule has 32 heavy (non-hydrogen) atoms. The Balaban J connectivity index is 1.28. The maximum atomic E-state index is 13.6. The first-order chi connectivity index (χ1) is 15.6. The lowest BCUT2D eigenvalue weighted by atomic mass is 9.79. The average Bonchev–Trinajstić information content (AvgIpc) is 3.41. The number of hydrogen-bond acceptors (Lipinski definition) is 4. The summed E-state index contributed by atoms with van der Waals surface area (Å²) in [5, 5.41) is 8.43. The molecule has 1 aromatic rings. The van der Waals surface area contributed by atoms with Crippen molar-refractivity contribution >= 4 is 11.9 Å². The summed E-state index contributed by atoms with van der Waals surface area (Å²) in [7, 11) is 0. The van der Waals surface area contributed by atoms with Crippen LogP contribution in [0.15, 0.2) is 0 Å². The van der Waals surface area contributed by atoms with Gasteiger partial charge in [-0.25, -0.2) is 0 Å². The monoisotopic (exact) mass is 439 g/mol. The van der Waals surface area contributed by atoms with Crippen molar-refractivity contribution < 1.29 is 14.3 Å². The van der Waals surface area contributed by atoms with Crippen molar-refractivity contribution in [2.75, 3.05) is 6.61 Å². The van der Waals surface area contributed by atoms with Crippen LogP contribution >= 0.6 is 0 Å². The molecule has 6 nitrogen and oxygen atoms in total. The molecule has 0 aliphatic heterocycles. The van der Waals surface area contributed by atoms with E-state index in [-0.39, 0.29) is 17.8 Å². The molecule has 0 saturated heterocycles. The summed E-state index contributed by atoms with van der Waals surface area (Å²) in [6.45, 7) is 2.26. The van der Waals surface area contributed by atoms with Crippen molar-refractivity contribution in [1.82, 2.24) is 15.1 Å². The molecular formula is C26H37N3O3. The van der Waals surface area contributed by atoms with Crippen LogP contribution in [0.25, 0.3) is 0 Å². The molecule has 1 amide bonds. The van der Waals surface area contributed by atoms with E-state index in [1.54, 1.807) is 0 Å². The number of amides is 1. The molecule has 6 aliphatic rings. The van der Waals surface area contributed by atoms with Gasteiger partial charge in [0, 0.05) is 17.3 Å². The highest BCUT2D eigenvalue weighted by Crippen LogP contribution is 2.58. The van der Waals surface area contributed by atoms with E-state index in [0.717, 1.165) is 43.1 Å². The van der Waals surface area contributed by atoms with Crippen LogP contribution in [0.1, 0.15) is 98.9 Å². The van der Waals surface area contributed by atoms with Gasteiger partial charge >= 0.3 is 5.97 Å². The smallest absolute Gasteiger partial charge is 0.309 e. The van der Waals surface area contributed by atoms with Crippen LogP contribution in [0.4, 0.5) is 0 Å². The predicted molar refractivity (Wildman–Crippen MR) is 120 cm³/mol. The highest BCUT2D eigenvalue weighted by Gasteiger charge is 2.54. The Bertz CT molecular complexity index is 898. The number of nitrogens with one attached hydrogen (secondary N) is 1. The van der Waals surface area contributed by atoms with Gasteiger partial charge in [0.1, 0.15) is 0 Å². The third kappa shape index (κ3) is 3.40. The van der Waals surface area contributed by atoms with Crippen molar-refractivity contribution in [3.05, 3.63) is 17.0 Å². The van der Waals surface area contributed by atoms with Gasteiger partial charge in [-0.15, -0.1) is 0 Å². The number of rotatable bonds is 5. The normalized spacial score (nSPS) is 35.7. The third-order valence-electron chi connectivity index (χ3n) is 9.41. The van der Waals surface area contributed by atoms with E-state index in [9.17, 15) is 9.59 Å². The Labute approximate surface area is 190 Å². The summed E-state index contributed by atoms with van der Waals surface area (Å²) in [6.07, 6.45) is 13.5. The Morgan fingerprint density at radius 1 is 1.06 bits per heavy atom. The zero-order chi connectivity index (χ0) is 21.8. The molecule has 5 unspecified atom stereocenters. The molecule has 1 aromatic heterocycles. The van der Waals surface area contributed by atoms with Crippen molar-refractivity contribution in [3.8, 4) is 0 Å². The molecule has 5 saturated carbocycles. The lowest BCUT2D eigenvalue weighted by molar-refractivity contribution is -0.148. The molecule has 6 heteroatoms. The fourth-order valence-corrected chi connectivity index (χ4v) is 8.09. The maximum Gasteiger partial charge on any atom is 0.309 e. The molecular weight excluding hydrogens is 402 g/mol. The Morgan fingerprint density at radius 2 is 1.88 bits per heavy atom. The van der Waals surface area contributed by atoms with Gasteiger partial charge in [0.15, 0.2) is 5.69 Å². The number of fused-ring (bicyclic) bond motifs is 1. The number of carbonyl (C=O) groups is 2. The van der Waals surface area contributed by atoms with Crippen LogP contribution in [0.3, 0.4) is 0 Å². The highest BCUT2D eigenvalue weighted by atomic mass is 16.5. The molecule has 1 N–H and O–H groups in total. The molecule has 0 radical (unpaired) electrons. The molecule has 7 rings (SSSR count). The number of esters is 1. The first kappa shape index (κ1) is 20.7. The highest BCUT2D eigenvalue weighted by molar-refractivity contribution is 5.94. The second-order valence-corrected chi connectivity index (χ2v) is 11.2. The van der Waals surface area contributed by atoms with E-state index in [4.69, 9.17) is 9.84 Å². The number of carbonyl (C=O) groups excluding carboxylic acids is 2.